The summed E-state index contributed by atoms with van der Waals surface area (Å²) in [6, 6.07) is 18.1. The Balaban J connectivity index is 1.58. The molecule has 0 atom stereocenters. The SMILES string of the molecule is N#Cc1ncn(CCCOc2ccc3ccccc3c2)c1C#N. The lowest BCUT2D eigenvalue weighted by molar-refractivity contribution is 0.302. The molecule has 23 heavy (non-hydrogen) atoms. The van der Waals surface area contributed by atoms with Crippen molar-refractivity contribution in [1.82, 2.24) is 9.55 Å². The van der Waals surface area contributed by atoms with E-state index in [-0.39, 0.29) is 5.69 Å². The molecule has 0 aliphatic heterocycles. The number of fused-ring (bicyclic) bond motifs is 1. The van der Waals surface area contributed by atoms with Crippen LogP contribution < -0.4 is 4.74 Å². The summed E-state index contributed by atoms with van der Waals surface area (Å²) in [5, 5.41) is 20.3. The molecule has 0 bridgehead atoms. The number of nitrogens with zero attached hydrogens (tertiary/aromatic N) is 4. The molecule has 0 fully saturated rings. The number of rotatable bonds is 5. The quantitative estimate of drug-likeness (QED) is 0.678. The smallest absolute Gasteiger partial charge is 0.176 e. The summed E-state index contributed by atoms with van der Waals surface area (Å²) in [6.45, 7) is 1.12. The largest absolute Gasteiger partial charge is 0.494 e. The zero-order valence-electron chi connectivity index (χ0n) is 12.4. The summed E-state index contributed by atoms with van der Waals surface area (Å²) in [7, 11) is 0. The highest BCUT2D eigenvalue weighted by atomic mass is 16.5. The molecule has 3 aromatic rings. The number of aryl methyl sites for hydroxylation is 1. The van der Waals surface area contributed by atoms with Crippen molar-refractivity contribution < 1.29 is 4.74 Å². The molecular formula is C18H14N4O. The van der Waals surface area contributed by atoms with Crippen molar-refractivity contribution in [2.24, 2.45) is 0 Å². The van der Waals surface area contributed by atoms with Crippen LogP contribution in [0.1, 0.15) is 17.8 Å². The van der Waals surface area contributed by atoms with E-state index in [0.717, 1.165) is 17.6 Å². The summed E-state index contributed by atoms with van der Waals surface area (Å²) in [6.07, 6.45) is 2.25. The number of benzene rings is 2. The normalized spacial score (nSPS) is 10.2. The van der Waals surface area contributed by atoms with E-state index in [1.165, 1.54) is 11.7 Å². The van der Waals surface area contributed by atoms with Gasteiger partial charge in [0.1, 0.15) is 17.9 Å². The van der Waals surface area contributed by atoms with Crippen LogP contribution in [0.3, 0.4) is 0 Å². The Morgan fingerprint density at radius 2 is 1.87 bits per heavy atom. The topological polar surface area (TPSA) is 74.6 Å². The summed E-state index contributed by atoms with van der Waals surface area (Å²) >= 11 is 0. The van der Waals surface area contributed by atoms with Crippen LogP contribution in [0.4, 0.5) is 0 Å². The first-order chi connectivity index (χ1) is 11.3. The molecule has 0 aliphatic rings. The third kappa shape index (κ3) is 3.14. The van der Waals surface area contributed by atoms with Gasteiger partial charge in [0.15, 0.2) is 11.4 Å². The van der Waals surface area contributed by atoms with E-state index in [2.05, 4.69) is 17.1 Å². The fourth-order valence-corrected chi connectivity index (χ4v) is 2.43. The van der Waals surface area contributed by atoms with E-state index in [0.29, 0.717) is 18.8 Å². The molecule has 2 aromatic carbocycles. The minimum atomic E-state index is 0.169. The first-order valence-electron chi connectivity index (χ1n) is 7.29. The van der Waals surface area contributed by atoms with Gasteiger partial charge in [-0.15, -0.1) is 0 Å². The van der Waals surface area contributed by atoms with Crippen LogP contribution in [0.2, 0.25) is 0 Å². The maximum atomic E-state index is 9.06. The summed E-state index contributed by atoms with van der Waals surface area (Å²) in [4.78, 5) is 3.92. The van der Waals surface area contributed by atoms with E-state index < -0.39 is 0 Å². The zero-order chi connectivity index (χ0) is 16.1. The highest BCUT2D eigenvalue weighted by molar-refractivity contribution is 5.83. The van der Waals surface area contributed by atoms with E-state index >= 15 is 0 Å². The molecule has 5 heteroatoms. The maximum Gasteiger partial charge on any atom is 0.176 e. The average Bonchev–Trinajstić information content (AvgIpc) is 3.00. The summed E-state index contributed by atoms with van der Waals surface area (Å²) in [5.74, 6) is 0.826. The van der Waals surface area contributed by atoms with Gasteiger partial charge >= 0.3 is 0 Å². The summed E-state index contributed by atoms with van der Waals surface area (Å²) in [5.41, 5.74) is 0.473. The van der Waals surface area contributed by atoms with Crippen molar-refractivity contribution in [2.75, 3.05) is 6.61 Å². The molecule has 0 aliphatic carbocycles. The molecule has 0 amide bonds. The molecule has 3 rings (SSSR count). The predicted octanol–water partition coefficient (Wildman–Crippen LogP) is 3.25. The molecule has 1 aromatic heterocycles. The number of imidazole rings is 1. The van der Waals surface area contributed by atoms with Gasteiger partial charge in [-0.3, -0.25) is 0 Å². The van der Waals surface area contributed by atoms with Gasteiger partial charge in [-0.2, -0.15) is 10.5 Å². The van der Waals surface area contributed by atoms with Crippen molar-refractivity contribution in [3.05, 3.63) is 60.2 Å². The molecule has 0 radical (unpaired) electrons. The second kappa shape index (κ2) is 6.64. The Kier molecular flexibility index (Phi) is 4.22. The maximum absolute atomic E-state index is 9.06. The van der Waals surface area contributed by atoms with Crippen LogP contribution in [0.15, 0.2) is 48.8 Å². The minimum absolute atomic E-state index is 0.169. The van der Waals surface area contributed by atoms with Crippen molar-refractivity contribution in [3.63, 3.8) is 0 Å². The highest BCUT2D eigenvalue weighted by Gasteiger charge is 2.09. The lowest BCUT2D eigenvalue weighted by atomic mass is 10.1. The van der Waals surface area contributed by atoms with Crippen LogP contribution in [-0.4, -0.2) is 16.2 Å². The van der Waals surface area contributed by atoms with E-state index in [4.69, 9.17) is 15.3 Å². The first kappa shape index (κ1) is 14.6. The van der Waals surface area contributed by atoms with Gasteiger partial charge in [-0.05, 0) is 29.3 Å². The van der Waals surface area contributed by atoms with Crippen molar-refractivity contribution >= 4 is 10.8 Å². The van der Waals surface area contributed by atoms with Gasteiger partial charge in [0.25, 0.3) is 0 Å². The van der Waals surface area contributed by atoms with Crippen LogP contribution in [0.5, 0.6) is 5.75 Å². The Morgan fingerprint density at radius 3 is 2.65 bits per heavy atom. The standard InChI is InChI=1S/C18H14N4O/c19-11-17-18(12-20)22(13-21-17)8-3-9-23-16-7-6-14-4-1-2-5-15(14)10-16/h1-2,4-7,10,13H,3,8-9H2. The number of hydrogen-bond acceptors (Lipinski definition) is 4. The predicted molar refractivity (Wildman–Crippen MR) is 85.7 cm³/mol. The van der Waals surface area contributed by atoms with Gasteiger partial charge in [-0.1, -0.05) is 30.3 Å². The monoisotopic (exact) mass is 302 g/mol. The fraction of sp³-hybridized carbons (Fsp3) is 0.167. The molecule has 0 unspecified atom stereocenters. The summed E-state index contributed by atoms with van der Waals surface area (Å²) < 4.78 is 7.44. The number of hydrogen-bond donors (Lipinski definition) is 0. The van der Waals surface area contributed by atoms with Crippen LogP contribution in [-0.2, 0) is 6.54 Å². The Morgan fingerprint density at radius 1 is 1.04 bits per heavy atom. The van der Waals surface area contributed by atoms with Gasteiger partial charge in [0.2, 0.25) is 0 Å². The van der Waals surface area contributed by atoms with Gasteiger partial charge < -0.3 is 9.30 Å². The highest BCUT2D eigenvalue weighted by Crippen LogP contribution is 2.20. The molecule has 0 saturated heterocycles. The fourth-order valence-electron chi connectivity index (χ4n) is 2.43. The lowest BCUT2D eigenvalue weighted by Gasteiger charge is -2.08. The number of aromatic nitrogens is 2. The van der Waals surface area contributed by atoms with Crippen molar-refractivity contribution in [1.29, 1.82) is 10.5 Å². The second-order valence-electron chi connectivity index (χ2n) is 5.07. The zero-order valence-corrected chi connectivity index (χ0v) is 12.4. The van der Waals surface area contributed by atoms with E-state index in [1.807, 2.05) is 42.5 Å². The third-order valence-corrected chi connectivity index (χ3v) is 3.58. The van der Waals surface area contributed by atoms with Crippen molar-refractivity contribution in [2.45, 2.75) is 13.0 Å². The van der Waals surface area contributed by atoms with Crippen LogP contribution in [0, 0.1) is 22.7 Å². The molecule has 1 heterocycles. The number of nitriles is 2. The number of ether oxygens (including phenoxy) is 1. The Bertz CT molecular complexity index is 915. The van der Waals surface area contributed by atoms with Crippen LogP contribution in [0.25, 0.3) is 10.8 Å². The molecule has 0 saturated carbocycles. The Hall–Kier alpha value is -3.31. The lowest BCUT2D eigenvalue weighted by Crippen LogP contribution is -2.05. The average molecular weight is 302 g/mol. The van der Waals surface area contributed by atoms with Gasteiger partial charge in [0, 0.05) is 6.54 Å². The van der Waals surface area contributed by atoms with Crippen molar-refractivity contribution in [3.8, 4) is 17.9 Å². The van der Waals surface area contributed by atoms with Crippen LogP contribution >= 0.6 is 0 Å². The first-order valence-corrected chi connectivity index (χ1v) is 7.29. The Labute approximate surface area is 134 Å². The third-order valence-electron chi connectivity index (χ3n) is 3.58. The van der Waals surface area contributed by atoms with E-state index in [1.54, 1.807) is 4.57 Å². The molecule has 112 valence electrons. The van der Waals surface area contributed by atoms with E-state index in [9.17, 15) is 0 Å². The minimum Gasteiger partial charge on any atom is -0.494 e. The molecule has 0 spiro atoms. The second-order valence-corrected chi connectivity index (χ2v) is 5.07. The van der Waals surface area contributed by atoms with Gasteiger partial charge in [-0.25, -0.2) is 4.98 Å². The molecular weight excluding hydrogens is 288 g/mol. The molecule has 0 N–H and O–H groups in total. The molecule has 5 nitrogen and oxygen atoms in total. The van der Waals surface area contributed by atoms with Gasteiger partial charge in [0.05, 0.1) is 12.9 Å².